The van der Waals surface area contributed by atoms with E-state index in [0.29, 0.717) is 21.5 Å². The van der Waals surface area contributed by atoms with Crippen LogP contribution in [0.3, 0.4) is 0 Å². The summed E-state index contributed by atoms with van der Waals surface area (Å²) in [5.74, 6) is 0.461. The Labute approximate surface area is 154 Å². The first-order valence-corrected chi connectivity index (χ1v) is 8.28. The van der Waals surface area contributed by atoms with Crippen LogP contribution in [0.2, 0.25) is 0 Å². The van der Waals surface area contributed by atoms with Crippen molar-refractivity contribution in [2.75, 3.05) is 13.7 Å². The van der Waals surface area contributed by atoms with Gasteiger partial charge in [-0.25, -0.2) is 5.43 Å². The summed E-state index contributed by atoms with van der Waals surface area (Å²) in [6.07, 6.45) is 1.33. The van der Waals surface area contributed by atoms with Crippen molar-refractivity contribution < 1.29 is 19.4 Å². The largest absolute Gasteiger partial charge is 0.504 e. The van der Waals surface area contributed by atoms with Gasteiger partial charge >= 0.3 is 0 Å². The number of carbonyl (C=O) groups excluding carboxylic acids is 1. The molecule has 6 nitrogen and oxygen atoms in total. The summed E-state index contributed by atoms with van der Waals surface area (Å²) in [4.78, 5) is 11.8. The number of hydrazone groups is 1. The van der Waals surface area contributed by atoms with Gasteiger partial charge in [0.1, 0.15) is 5.75 Å². The second kappa shape index (κ2) is 8.53. The van der Waals surface area contributed by atoms with Gasteiger partial charge in [0.05, 0.1) is 13.3 Å². The molecule has 0 saturated carbocycles. The Kier molecular flexibility index (Phi) is 6.41. The van der Waals surface area contributed by atoms with Gasteiger partial charge in [0.15, 0.2) is 18.1 Å². The van der Waals surface area contributed by atoms with Crippen molar-refractivity contribution in [3.63, 3.8) is 0 Å². The molecule has 0 atom stereocenters. The Bertz CT molecular complexity index is 806. The first-order chi connectivity index (χ1) is 11.9. The molecular formula is C18H19BrN2O4. The fourth-order valence-corrected chi connectivity index (χ4v) is 2.46. The lowest BCUT2D eigenvalue weighted by molar-refractivity contribution is -0.123. The number of aryl methyl sites for hydroxylation is 2. The van der Waals surface area contributed by atoms with E-state index in [1.807, 2.05) is 32.0 Å². The number of hydrogen-bond donors (Lipinski definition) is 2. The van der Waals surface area contributed by atoms with Crippen LogP contribution in [0, 0.1) is 13.8 Å². The second-order valence-electron chi connectivity index (χ2n) is 5.37. The highest BCUT2D eigenvalue weighted by molar-refractivity contribution is 9.10. The number of ether oxygens (including phenoxy) is 2. The third kappa shape index (κ3) is 5.22. The van der Waals surface area contributed by atoms with Crippen molar-refractivity contribution >= 4 is 28.1 Å². The molecule has 132 valence electrons. The number of amides is 1. The molecule has 1 amide bonds. The molecule has 0 aromatic heterocycles. The molecule has 0 radical (unpaired) electrons. The monoisotopic (exact) mass is 406 g/mol. The molecule has 0 aliphatic carbocycles. The summed E-state index contributed by atoms with van der Waals surface area (Å²) in [6, 6.07) is 8.90. The standard InChI is InChI=1S/C18H19BrN2O4/c1-11-4-5-15(6-12(11)2)25-10-17(22)21-20-9-13-7-14(19)8-16(24-3)18(13)23/h4-9,23H,10H2,1-3H3,(H,21,22)/b20-9+. The van der Waals surface area contributed by atoms with Gasteiger partial charge in [-0.2, -0.15) is 5.10 Å². The number of benzene rings is 2. The summed E-state index contributed by atoms with van der Waals surface area (Å²) in [6.45, 7) is 3.83. The number of phenols is 1. The third-order valence-electron chi connectivity index (χ3n) is 3.53. The van der Waals surface area contributed by atoms with E-state index < -0.39 is 5.91 Å². The van der Waals surface area contributed by atoms with Crippen molar-refractivity contribution in [1.29, 1.82) is 0 Å². The molecule has 2 aromatic carbocycles. The van der Waals surface area contributed by atoms with Gasteiger partial charge < -0.3 is 14.6 Å². The van der Waals surface area contributed by atoms with E-state index in [-0.39, 0.29) is 12.4 Å². The summed E-state index contributed by atoms with van der Waals surface area (Å²) in [7, 11) is 1.45. The van der Waals surface area contributed by atoms with E-state index >= 15 is 0 Å². The van der Waals surface area contributed by atoms with Gasteiger partial charge in [0.2, 0.25) is 0 Å². The number of phenolic OH excluding ortho intramolecular Hbond substituents is 1. The van der Waals surface area contributed by atoms with Gasteiger partial charge in [0, 0.05) is 10.0 Å². The van der Waals surface area contributed by atoms with Crippen molar-refractivity contribution in [3.8, 4) is 17.2 Å². The predicted molar refractivity (Wildman–Crippen MR) is 99.5 cm³/mol. The van der Waals surface area contributed by atoms with E-state index in [0.717, 1.165) is 11.1 Å². The van der Waals surface area contributed by atoms with Gasteiger partial charge in [-0.1, -0.05) is 22.0 Å². The Hall–Kier alpha value is -2.54. The second-order valence-corrected chi connectivity index (χ2v) is 6.29. The number of hydrogen-bond acceptors (Lipinski definition) is 5. The van der Waals surface area contributed by atoms with Crippen molar-refractivity contribution in [2.24, 2.45) is 5.10 Å². The van der Waals surface area contributed by atoms with Crippen LogP contribution >= 0.6 is 15.9 Å². The number of aromatic hydroxyl groups is 1. The summed E-state index contributed by atoms with van der Waals surface area (Å²) in [5, 5.41) is 13.8. The van der Waals surface area contributed by atoms with E-state index in [1.165, 1.54) is 13.3 Å². The smallest absolute Gasteiger partial charge is 0.277 e. The van der Waals surface area contributed by atoms with Gasteiger partial charge in [-0.15, -0.1) is 0 Å². The van der Waals surface area contributed by atoms with E-state index in [4.69, 9.17) is 9.47 Å². The zero-order chi connectivity index (χ0) is 18.4. The lowest BCUT2D eigenvalue weighted by Gasteiger charge is -2.08. The molecule has 0 unspecified atom stereocenters. The lowest BCUT2D eigenvalue weighted by atomic mass is 10.1. The average Bonchev–Trinajstić information content (AvgIpc) is 2.58. The van der Waals surface area contributed by atoms with E-state index in [1.54, 1.807) is 12.1 Å². The SMILES string of the molecule is COc1cc(Br)cc(/C=N/NC(=O)COc2ccc(C)c(C)c2)c1O. The van der Waals surface area contributed by atoms with E-state index in [2.05, 4.69) is 26.5 Å². The van der Waals surface area contributed by atoms with Crippen LogP contribution in [0.15, 0.2) is 39.9 Å². The topological polar surface area (TPSA) is 80.2 Å². The van der Waals surface area contributed by atoms with Crippen LogP contribution in [0.1, 0.15) is 16.7 Å². The number of nitrogens with one attached hydrogen (secondary N) is 1. The van der Waals surface area contributed by atoms with Crippen LogP contribution in [0.25, 0.3) is 0 Å². The first kappa shape index (κ1) is 18.8. The highest BCUT2D eigenvalue weighted by Crippen LogP contribution is 2.32. The molecule has 0 heterocycles. The number of rotatable bonds is 6. The molecule has 0 spiro atoms. The van der Waals surface area contributed by atoms with E-state index in [9.17, 15) is 9.90 Å². The van der Waals surface area contributed by atoms with Gasteiger partial charge in [0.25, 0.3) is 5.91 Å². The van der Waals surface area contributed by atoms with Gasteiger partial charge in [-0.3, -0.25) is 4.79 Å². The Balaban J connectivity index is 1.92. The molecule has 0 fully saturated rings. The summed E-state index contributed by atoms with van der Waals surface area (Å²) >= 11 is 3.31. The normalized spacial score (nSPS) is 10.7. The Morgan fingerprint density at radius 3 is 2.72 bits per heavy atom. The highest BCUT2D eigenvalue weighted by Gasteiger charge is 2.08. The van der Waals surface area contributed by atoms with Crippen molar-refractivity contribution in [3.05, 3.63) is 51.5 Å². The average molecular weight is 407 g/mol. The molecule has 2 aromatic rings. The molecule has 25 heavy (non-hydrogen) atoms. The Morgan fingerprint density at radius 2 is 2.04 bits per heavy atom. The van der Waals surface area contributed by atoms with Crippen molar-refractivity contribution in [1.82, 2.24) is 5.43 Å². The number of carbonyl (C=O) groups is 1. The summed E-state index contributed by atoms with van der Waals surface area (Å²) in [5.41, 5.74) is 5.00. The minimum atomic E-state index is -0.407. The minimum Gasteiger partial charge on any atom is -0.504 e. The molecule has 0 aliphatic heterocycles. The van der Waals surface area contributed by atoms with Crippen LogP contribution in [0.4, 0.5) is 0 Å². The minimum absolute atomic E-state index is 0.0601. The van der Waals surface area contributed by atoms with Crippen LogP contribution < -0.4 is 14.9 Å². The molecule has 2 rings (SSSR count). The van der Waals surface area contributed by atoms with Gasteiger partial charge in [-0.05, 0) is 49.2 Å². The lowest BCUT2D eigenvalue weighted by Crippen LogP contribution is -2.24. The molecule has 0 saturated heterocycles. The number of nitrogens with zero attached hydrogens (tertiary/aromatic N) is 1. The number of halogens is 1. The zero-order valence-electron chi connectivity index (χ0n) is 14.2. The summed E-state index contributed by atoms with van der Waals surface area (Å²) < 4.78 is 11.2. The van der Waals surface area contributed by atoms with Crippen LogP contribution in [0.5, 0.6) is 17.2 Å². The maximum absolute atomic E-state index is 11.8. The van der Waals surface area contributed by atoms with Crippen LogP contribution in [-0.2, 0) is 4.79 Å². The van der Waals surface area contributed by atoms with Crippen LogP contribution in [-0.4, -0.2) is 30.9 Å². The maximum Gasteiger partial charge on any atom is 0.277 e. The molecular weight excluding hydrogens is 388 g/mol. The van der Waals surface area contributed by atoms with Crippen molar-refractivity contribution in [2.45, 2.75) is 13.8 Å². The Morgan fingerprint density at radius 1 is 1.28 bits per heavy atom. The molecule has 7 heteroatoms. The molecule has 2 N–H and O–H groups in total. The molecule has 0 bridgehead atoms. The molecule has 0 aliphatic rings. The third-order valence-corrected chi connectivity index (χ3v) is 3.99. The fourth-order valence-electron chi connectivity index (χ4n) is 2.01. The fraction of sp³-hybridized carbons (Fsp3) is 0.222. The highest BCUT2D eigenvalue weighted by atomic mass is 79.9. The quantitative estimate of drug-likeness (QED) is 0.569. The maximum atomic E-state index is 11.8. The zero-order valence-corrected chi connectivity index (χ0v) is 15.8. The predicted octanol–water partition coefficient (Wildman–Crippen LogP) is 3.31. The number of methoxy groups -OCH3 is 1. The first-order valence-electron chi connectivity index (χ1n) is 7.49.